The van der Waals surface area contributed by atoms with Gasteiger partial charge in [-0.1, -0.05) is 0 Å². The molecule has 0 saturated carbocycles. The number of nitrogens with zero attached hydrogens (tertiary/aromatic N) is 3. The van der Waals surface area contributed by atoms with Crippen LogP contribution in [0.25, 0.3) is 0 Å². The van der Waals surface area contributed by atoms with E-state index in [0.717, 1.165) is 9.69 Å². The molecule has 2 amide bonds. The molecule has 0 spiro atoms. The van der Waals surface area contributed by atoms with E-state index in [1.165, 1.54) is 19.9 Å². The van der Waals surface area contributed by atoms with Gasteiger partial charge in [0, 0.05) is 11.6 Å². The van der Waals surface area contributed by atoms with Crippen molar-refractivity contribution < 1.29 is 9.59 Å². The molecule has 2 rings (SSSR count). The molecular weight excluding hydrogens is 200 g/mol. The summed E-state index contributed by atoms with van der Waals surface area (Å²) in [7, 11) is 0. The lowest BCUT2D eigenvalue weighted by molar-refractivity contribution is -0.122. The van der Waals surface area contributed by atoms with E-state index < -0.39 is 17.5 Å². The number of aromatic amines is 1. The van der Waals surface area contributed by atoms with E-state index in [0.29, 0.717) is 5.57 Å². The number of imide groups is 1. The first-order chi connectivity index (χ1) is 7.02. The van der Waals surface area contributed by atoms with Crippen molar-refractivity contribution in [1.82, 2.24) is 14.9 Å². The van der Waals surface area contributed by atoms with Crippen molar-refractivity contribution in [1.29, 1.82) is 0 Å². The first-order valence-electron chi connectivity index (χ1n) is 4.23. The van der Waals surface area contributed by atoms with Crippen LogP contribution in [0.5, 0.6) is 0 Å². The predicted octanol–water partition coefficient (Wildman–Crippen LogP) is -1.17. The molecule has 78 valence electrons. The Morgan fingerprint density at radius 2 is 1.93 bits per heavy atom. The smallest absolute Gasteiger partial charge is 0.267 e. The van der Waals surface area contributed by atoms with Crippen LogP contribution in [0.3, 0.4) is 0 Å². The number of nitrogens with one attached hydrogen (secondary N) is 1. The van der Waals surface area contributed by atoms with Crippen molar-refractivity contribution in [2.45, 2.75) is 13.8 Å². The average Bonchev–Trinajstić information content (AvgIpc) is 2.59. The lowest BCUT2D eigenvalue weighted by atomic mass is 10.3. The van der Waals surface area contributed by atoms with Crippen LogP contribution in [-0.4, -0.2) is 26.7 Å². The second-order valence-corrected chi connectivity index (χ2v) is 3.17. The third-order valence-electron chi connectivity index (χ3n) is 2.09. The Bertz CT molecular complexity index is 536. The van der Waals surface area contributed by atoms with E-state index in [-0.39, 0.29) is 5.82 Å². The number of carbonyl (C=O) groups is 2. The minimum atomic E-state index is -0.614. The highest BCUT2D eigenvalue weighted by Gasteiger charge is 2.32. The Morgan fingerprint density at radius 3 is 2.33 bits per heavy atom. The van der Waals surface area contributed by atoms with Gasteiger partial charge in [-0.25, -0.2) is 9.89 Å². The molecule has 1 aliphatic rings. The van der Waals surface area contributed by atoms with Crippen molar-refractivity contribution in [2.24, 2.45) is 0 Å². The number of rotatable bonds is 1. The molecule has 0 aromatic carbocycles. The maximum Gasteiger partial charge on any atom is 0.363 e. The van der Waals surface area contributed by atoms with Gasteiger partial charge in [0.05, 0.1) is 0 Å². The van der Waals surface area contributed by atoms with Gasteiger partial charge >= 0.3 is 5.69 Å². The highest BCUT2D eigenvalue weighted by molar-refractivity contribution is 6.25. The SMILES string of the molecule is CC1=CC(=O)N(n2c(C)n[nH]c2=O)C1=O. The number of hydrogen-bond donors (Lipinski definition) is 1. The monoisotopic (exact) mass is 208 g/mol. The molecule has 0 aliphatic carbocycles. The first kappa shape index (κ1) is 9.38. The van der Waals surface area contributed by atoms with E-state index in [2.05, 4.69) is 10.2 Å². The molecule has 0 unspecified atom stereocenters. The van der Waals surface area contributed by atoms with Crippen molar-refractivity contribution in [3.63, 3.8) is 0 Å². The van der Waals surface area contributed by atoms with Crippen molar-refractivity contribution >= 4 is 11.8 Å². The van der Waals surface area contributed by atoms with Gasteiger partial charge in [0.15, 0.2) is 5.82 Å². The molecule has 0 saturated heterocycles. The normalized spacial score (nSPS) is 16.1. The van der Waals surface area contributed by atoms with Crippen LogP contribution in [-0.2, 0) is 9.59 Å². The fourth-order valence-corrected chi connectivity index (χ4v) is 1.37. The quantitative estimate of drug-likeness (QED) is 0.589. The van der Waals surface area contributed by atoms with Gasteiger partial charge in [-0.05, 0) is 13.8 Å². The summed E-state index contributed by atoms with van der Waals surface area (Å²) in [5, 5.41) is 6.53. The number of hydrogen-bond acceptors (Lipinski definition) is 4. The largest absolute Gasteiger partial charge is 0.363 e. The topological polar surface area (TPSA) is 88.1 Å². The predicted molar refractivity (Wildman–Crippen MR) is 49.6 cm³/mol. The molecule has 15 heavy (non-hydrogen) atoms. The van der Waals surface area contributed by atoms with E-state index in [9.17, 15) is 14.4 Å². The first-order valence-corrected chi connectivity index (χ1v) is 4.23. The highest BCUT2D eigenvalue weighted by atomic mass is 16.2. The van der Waals surface area contributed by atoms with E-state index in [1.807, 2.05) is 0 Å². The molecule has 0 radical (unpaired) electrons. The molecular formula is C8H8N4O3. The molecule has 1 aromatic rings. The lowest BCUT2D eigenvalue weighted by Gasteiger charge is -2.14. The summed E-state index contributed by atoms with van der Waals surface area (Å²) in [6, 6.07) is 0. The number of amides is 2. The van der Waals surface area contributed by atoms with Crippen molar-refractivity contribution in [3.8, 4) is 0 Å². The molecule has 1 N–H and O–H groups in total. The highest BCUT2D eigenvalue weighted by Crippen LogP contribution is 2.10. The fourth-order valence-electron chi connectivity index (χ4n) is 1.37. The van der Waals surface area contributed by atoms with Gasteiger partial charge in [-0.15, -0.1) is 0 Å². The summed E-state index contributed by atoms with van der Waals surface area (Å²) in [4.78, 5) is 34.3. The Morgan fingerprint density at radius 1 is 1.27 bits per heavy atom. The van der Waals surface area contributed by atoms with Gasteiger partial charge in [0.2, 0.25) is 0 Å². The van der Waals surface area contributed by atoms with Gasteiger partial charge in [0.1, 0.15) is 0 Å². The standard InChI is InChI=1S/C8H8N4O3/c1-4-3-6(13)12(7(4)14)11-5(2)9-10-8(11)15/h3H,1-2H3,(H,10,15). The van der Waals surface area contributed by atoms with Crippen molar-refractivity contribution in [3.05, 3.63) is 28.0 Å². The zero-order valence-corrected chi connectivity index (χ0v) is 8.14. The van der Waals surface area contributed by atoms with Crippen LogP contribution in [0, 0.1) is 6.92 Å². The Labute approximate surface area is 84.0 Å². The summed E-state index contributed by atoms with van der Waals surface area (Å²) in [6.45, 7) is 3.03. The molecule has 7 nitrogen and oxygen atoms in total. The molecule has 0 bridgehead atoms. The zero-order valence-electron chi connectivity index (χ0n) is 8.14. The van der Waals surface area contributed by atoms with Crippen LogP contribution in [0.15, 0.2) is 16.4 Å². The van der Waals surface area contributed by atoms with Crippen LogP contribution >= 0.6 is 0 Å². The Kier molecular flexibility index (Phi) is 1.82. The van der Waals surface area contributed by atoms with Crippen LogP contribution in [0.1, 0.15) is 12.7 Å². The minimum absolute atomic E-state index is 0.254. The number of aromatic nitrogens is 3. The summed E-state index contributed by atoms with van der Waals surface area (Å²) in [5.41, 5.74) is -0.315. The maximum atomic E-state index is 11.6. The average molecular weight is 208 g/mol. The number of carbonyl (C=O) groups excluding carboxylic acids is 2. The number of H-pyrrole nitrogens is 1. The van der Waals surface area contributed by atoms with Crippen LogP contribution in [0.2, 0.25) is 0 Å². The number of aryl methyl sites for hydroxylation is 1. The van der Waals surface area contributed by atoms with Gasteiger partial charge in [-0.2, -0.15) is 14.8 Å². The maximum absolute atomic E-state index is 11.6. The fraction of sp³-hybridized carbons (Fsp3) is 0.250. The van der Waals surface area contributed by atoms with Crippen LogP contribution in [0.4, 0.5) is 0 Å². The summed E-state index contributed by atoms with van der Waals surface area (Å²) in [6.07, 6.45) is 1.18. The zero-order chi connectivity index (χ0) is 11.2. The van der Waals surface area contributed by atoms with E-state index in [4.69, 9.17) is 0 Å². The summed E-state index contributed by atoms with van der Waals surface area (Å²) in [5.74, 6) is -0.791. The van der Waals surface area contributed by atoms with Gasteiger partial charge in [-0.3, -0.25) is 9.59 Å². The molecule has 1 aromatic heterocycles. The summed E-state index contributed by atoms with van der Waals surface area (Å²) >= 11 is 0. The summed E-state index contributed by atoms with van der Waals surface area (Å²) < 4.78 is 0.914. The third-order valence-corrected chi connectivity index (χ3v) is 2.09. The van der Waals surface area contributed by atoms with Crippen LogP contribution < -0.4 is 10.7 Å². The van der Waals surface area contributed by atoms with E-state index >= 15 is 0 Å². The third kappa shape index (κ3) is 1.20. The second-order valence-electron chi connectivity index (χ2n) is 3.17. The molecule has 0 fully saturated rings. The second kappa shape index (κ2) is 2.91. The van der Waals surface area contributed by atoms with E-state index in [1.54, 1.807) is 0 Å². The van der Waals surface area contributed by atoms with Gasteiger partial charge in [0.25, 0.3) is 11.8 Å². The Hall–Kier alpha value is -2.18. The lowest BCUT2D eigenvalue weighted by Crippen LogP contribution is -2.46. The molecule has 0 atom stereocenters. The molecule has 1 aliphatic heterocycles. The minimum Gasteiger partial charge on any atom is -0.267 e. The van der Waals surface area contributed by atoms with Crippen molar-refractivity contribution in [2.75, 3.05) is 5.01 Å². The van der Waals surface area contributed by atoms with Gasteiger partial charge < -0.3 is 0 Å². The molecule has 7 heteroatoms. The Balaban J connectivity index is 2.56. The molecule has 2 heterocycles.